The van der Waals surface area contributed by atoms with Gasteiger partial charge in [0, 0.05) is 28.9 Å². The summed E-state index contributed by atoms with van der Waals surface area (Å²) in [6.45, 7) is 6.01. The predicted molar refractivity (Wildman–Crippen MR) is 135 cm³/mol. The lowest BCUT2D eigenvalue weighted by Crippen LogP contribution is -2.19. The summed E-state index contributed by atoms with van der Waals surface area (Å²) in [6.07, 6.45) is 1.95. The van der Waals surface area contributed by atoms with E-state index in [4.69, 9.17) is 14.6 Å². The van der Waals surface area contributed by atoms with Crippen molar-refractivity contribution < 1.29 is 19.2 Å². The number of anilines is 2. The first-order chi connectivity index (χ1) is 16.7. The number of aliphatic carboxylic acids is 1. The number of hydrogen-bond donors (Lipinski definition) is 3. The molecule has 5 rings (SSSR count). The molecule has 2 aromatic carbocycles. The minimum Gasteiger partial charge on any atom is -0.481 e. The molecule has 0 saturated heterocycles. The minimum atomic E-state index is -0.851. The zero-order chi connectivity index (χ0) is 24.7. The summed E-state index contributed by atoms with van der Waals surface area (Å²) < 4.78 is 8.28. The van der Waals surface area contributed by atoms with Gasteiger partial charge in [-0.1, -0.05) is 55.5 Å². The minimum absolute atomic E-state index is 0.00361. The van der Waals surface area contributed by atoms with Gasteiger partial charge in [-0.2, -0.15) is 0 Å². The third-order valence-electron chi connectivity index (χ3n) is 5.44. The van der Waals surface area contributed by atoms with Gasteiger partial charge in [0.1, 0.15) is 5.76 Å². The largest absolute Gasteiger partial charge is 0.481 e. The maximum absolute atomic E-state index is 12.3. The molecule has 9 nitrogen and oxygen atoms in total. The molecule has 178 valence electrons. The number of nitrogens with one attached hydrogen (secondary N) is 2. The van der Waals surface area contributed by atoms with Gasteiger partial charge in [0.25, 0.3) is 0 Å². The molecule has 0 spiro atoms. The normalized spacial score (nSPS) is 11.7. The summed E-state index contributed by atoms with van der Waals surface area (Å²) in [6, 6.07) is 14.4. The van der Waals surface area contributed by atoms with E-state index < -0.39 is 12.0 Å². The number of fused-ring (bicyclic) bond motifs is 3. The fourth-order valence-electron chi connectivity index (χ4n) is 3.66. The molecule has 0 aliphatic rings. The van der Waals surface area contributed by atoms with Crippen LogP contribution in [0.3, 0.4) is 0 Å². The van der Waals surface area contributed by atoms with Crippen molar-refractivity contribution in [3.8, 4) is 11.3 Å². The van der Waals surface area contributed by atoms with Crippen LogP contribution in [0.25, 0.3) is 26.4 Å². The second-order valence-corrected chi connectivity index (χ2v) is 10.2. The molecule has 0 saturated carbocycles. The molecule has 0 unspecified atom stereocenters. The van der Waals surface area contributed by atoms with Crippen molar-refractivity contribution in [1.29, 1.82) is 0 Å². The van der Waals surface area contributed by atoms with E-state index in [1.807, 2.05) is 73.8 Å². The molecule has 0 fully saturated rings. The Morgan fingerprint density at radius 3 is 2.54 bits per heavy atom. The standard InChI is InChI=1S/C25H23N5O4S/c1-25(2,3)20-12-21(29-34-20)28-23(33)26-16-7-5-15(6-8-16)17-13-30-18-9-4-14(11-22(31)32)10-19(18)35-24(30)27-17/h4-10,12-13H,11H2,1-3H3,(H,31,32)(H2,26,28,29,33). The van der Waals surface area contributed by atoms with Crippen LogP contribution < -0.4 is 10.6 Å². The first-order valence-corrected chi connectivity index (χ1v) is 11.8. The number of amides is 2. The van der Waals surface area contributed by atoms with Gasteiger partial charge in [-0.3, -0.25) is 14.5 Å². The van der Waals surface area contributed by atoms with Gasteiger partial charge in [0.2, 0.25) is 0 Å². The highest BCUT2D eigenvalue weighted by Gasteiger charge is 2.20. The van der Waals surface area contributed by atoms with Crippen LogP contribution in [0, 0.1) is 0 Å². The van der Waals surface area contributed by atoms with Crippen LogP contribution in [0.2, 0.25) is 0 Å². The summed E-state index contributed by atoms with van der Waals surface area (Å²) in [4.78, 5) is 28.9. The Hall–Kier alpha value is -4.18. The van der Waals surface area contributed by atoms with E-state index in [0.717, 1.165) is 32.0 Å². The number of carbonyl (C=O) groups is 2. The van der Waals surface area contributed by atoms with E-state index in [9.17, 15) is 9.59 Å². The number of carboxylic acids is 1. The van der Waals surface area contributed by atoms with Gasteiger partial charge < -0.3 is 14.9 Å². The molecule has 0 aliphatic heterocycles. The van der Waals surface area contributed by atoms with Crippen molar-refractivity contribution in [1.82, 2.24) is 14.5 Å². The van der Waals surface area contributed by atoms with Crippen molar-refractivity contribution in [2.75, 3.05) is 10.6 Å². The van der Waals surface area contributed by atoms with E-state index in [1.54, 1.807) is 6.07 Å². The maximum Gasteiger partial charge on any atom is 0.324 e. The Morgan fingerprint density at radius 2 is 1.86 bits per heavy atom. The Balaban J connectivity index is 1.29. The molecule has 5 aromatic rings. The van der Waals surface area contributed by atoms with Crippen LogP contribution in [0.15, 0.2) is 59.3 Å². The smallest absolute Gasteiger partial charge is 0.324 e. The van der Waals surface area contributed by atoms with Crippen molar-refractivity contribution in [3.63, 3.8) is 0 Å². The summed E-state index contributed by atoms with van der Waals surface area (Å²) in [5, 5.41) is 18.4. The molecule has 3 aromatic heterocycles. The number of nitrogens with zero attached hydrogens (tertiary/aromatic N) is 3. The second kappa shape index (κ2) is 8.55. The highest BCUT2D eigenvalue weighted by Crippen LogP contribution is 2.31. The summed E-state index contributed by atoms with van der Waals surface area (Å²) in [7, 11) is 0. The number of carbonyl (C=O) groups excluding carboxylic acids is 1. The summed E-state index contributed by atoms with van der Waals surface area (Å²) in [5.41, 5.74) is 3.89. The molecule has 2 amide bonds. The quantitative estimate of drug-likeness (QED) is 0.288. The highest BCUT2D eigenvalue weighted by atomic mass is 32.1. The van der Waals surface area contributed by atoms with Crippen molar-refractivity contribution in [3.05, 3.63) is 66.1 Å². The van der Waals surface area contributed by atoms with Crippen LogP contribution >= 0.6 is 11.3 Å². The molecule has 0 bridgehead atoms. The van der Waals surface area contributed by atoms with Crippen LogP contribution in [0.1, 0.15) is 32.1 Å². The van der Waals surface area contributed by atoms with Gasteiger partial charge in [-0.25, -0.2) is 9.78 Å². The Labute approximate surface area is 204 Å². The predicted octanol–water partition coefficient (Wildman–Crippen LogP) is 5.77. The lowest BCUT2D eigenvalue weighted by atomic mass is 9.93. The van der Waals surface area contributed by atoms with Crippen LogP contribution in [-0.4, -0.2) is 31.6 Å². The number of urea groups is 1. The Kier molecular flexibility index (Phi) is 5.52. The summed E-state index contributed by atoms with van der Waals surface area (Å²) in [5.74, 6) is 0.186. The molecule has 0 aliphatic carbocycles. The molecule has 0 radical (unpaired) electrons. The molecule has 10 heteroatoms. The number of aromatic nitrogens is 3. The number of thiazole rings is 1. The monoisotopic (exact) mass is 489 g/mol. The fraction of sp³-hybridized carbons (Fsp3) is 0.200. The van der Waals surface area contributed by atoms with E-state index >= 15 is 0 Å². The average molecular weight is 490 g/mol. The van der Waals surface area contributed by atoms with Crippen LogP contribution in [0.4, 0.5) is 16.3 Å². The number of rotatable bonds is 5. The Bertz CT molecular complexity index is 1560. The first kappa shape index (κ1) is 22.6. The molecule has 0 atom stereocenters. The lowest BCUT2D eigenvalue weighted by Gasteiger charge is -2.12. The van der Waals surface area contributed by atoms with Crippen molar-refractivity contribution >= 4 is 50.0 Å². The number of hydrogen-bond acceptors (Lipinski definition) is 6. The molecule has 35 heavy (non-hydrogen) atoms. The van der Waals surface area contributed by atoms with E-state index in [2.05, 4.69) is 15.8 Å². The van der Waals surface area contributed by atoms with Gasteiger partial charge in [0.15, 0.2) is 10.8 Å². The van der Waals surface area contributed by atoms with E-state index in [-0.39, 0.29) is 11.8 Å². The van der Waals surface area contributed by atoms with Gasteiger partial charge >= 0.3 is 12.0 Å². The third-order valence-corrected chi connectivity index (χ3v) is 6.46. The Morgan fingerprint density at radius 1 is 1.09 bits per heavy atom. The molecule has 3 N–H and O–H groups in total. The van der Waals surface area contributed by atoms with Crippen molar-refractivity contribution in [2.24, 2.45) is 0 Å². The van der Waals surface area contributed by atoms with Gasteiger partial charge in [-0.15, -0.1) is 0 Å². The zero-order valence-corrected chi connectivity index (χ0v) is 20.1. The number of imidazole rings is 1. The van der Waals surface area contributed by atoms with E-state index in [1.165, 1.54) is 11.3 Å². The average Bonchev–Trinajstić information content (AvgIpc) is 3.48. The second-order valence-electron chi connectivity index (χ2n) is 9.24. The molecular weight excluding hydrogens is 466 g/mol. The van der Waals surface area contributed by atoms with Gasteiger partial charge in [-0.05, 0) is 29.8 Å². The van der Waals surface area contributed by atoms with Crippen molar-refractivity contribution in [2.45, 2.75) is 32.6 Å². The number of carboxylic acid groups (broad SMARTS) is 1. The highest BCUT2D eigenvalue weighted by molar-refractivity contribution is 7.23. The summed E-state index contributed by atoms with van der Waals surface area (Å²) >= 11 is 1.51. The van der Waals surface area contributed by atoms with Crippen LogP contribution in [-0.2, 0) is 16.6 Å². The zero-order valence-electron chi connectivity index (χ0n) is 19.3. The first-order valence-electron chi connectivity index (χ1n) is 10.9. The fourth-order valence-corrected chi connectivity index (χ4v) is 4.73. The van der Waals surface area contributed by atoms with Gasteiger partial charge in [0.05, 0.1) is 22.3 Å². The topological polar surface area (TPSA) is 122 Å². The molecule has 3 heterocycles. The SMILES string of the molecule is CC(C)(C)c1cc(NC(=O)Nc2ccc(-c3cn4c(n3)sc3cc(CC(=O)O)ccc34)cc2)no1. The maximum atomic E-state index is 12.3. The van der Waals surface area contributed by atoms with Crippen LogP contribution in [0.5, 0.6) is 0 Å². The number of benzene rings is 2. The third kappa shape index (κ3) is 4.73. The lowest BCUT2D eigenvalue weighted by molar-refractivity contribution is -0.136. The van der Waals surface area contributed by atoms with E-state index in [0.29, 0.717) is 17.3 Å². The molecular formula is C25H23N5O4S.